The van der Waals surface area contributed by atoms with Crippen molar-refractivity contribution in [1.29, 1.82) is 0 Å². The van der Waals surface area contributed by atoms with Gasteiger partial charge in [-0.1, -0.05) is 24.3 Å². The molecule has 0 unspecified atom stereocenters. The van der Waals surface area contributed by atoms with Crippen LogP contribution in [0.25, 0.3) is 0 Å². The van der Waals surface area contributed by atoms with Gasteiger partial charge in [0.15, 0.2) is 17.3 Å². The zero-order valence-electron chi connectivity index (χ0n) is 25.7. The molecule has 0 aliphatic carbocycles. The van der Waals surface area contributed by atoms with Crippen molar-refractivity contribution in [3.8, 4) is 5.75 Å². The normalized spacial score (nSPS) is 18.6. The molecule has 3 aromatic rings. The topological polar surface area (TPSA) is 126 Å². The Hall–Kier alpha value is -4.63. The van der Waals surface area contributed by atoms with Crippen molar-refractivity contribution < 1.29 is 46.8 Å². The van der Waals surface area contributed by atoms with E-state index < -0.39 is 65.3 Å². The average Bonchev–Trinajstić information content (AvgIpc) is 3.23. The Labute approximate surface area is 272 Å². The average molecular weight is 672 g/mol. The number of amides is 1. The Kier molecular flexibility index (Phi) is 8.85. The number of benzene rings is 2. The van der Waals surface area contributed by atoms with Gasteiger partial charge in [-0.2, -0.15) is 0 Å². The zero-order chi connectivity index (χ0) is 33.5. The number of morpholine rings is 1. The van der Waals surface area contributed by atoms with E-state index in [0.29, 0.717) is 5.56 Å². The van der Waals surface area contributed by atoms with Crippen LogP contribution in [0.2, 0.25) is 0 Å². The summed E-state index contributed by atoms with van der Waals surface area (Å²) < 4.78 is 57.5. The van der Waals surface area contributed by atoms with Gasteiger partial charge in [0.05, 0.1) is 31.8 Å². The number of carbonyl (C=O) groups excluding carboxylic acids is 3. The van der Waals surface area contributed by atoms with E-state index in [4.69, 9.17) is 23.7 Å². The van der Waals surface area contributed by atoms with Crippen LogP contribution in [0.3, 0.4) is 0 Å². The number of hydrogen-bond donors (Lipinski definition) is 0. The van der Waals surface area contributed by atoms with Gasteiger partial charge in [0.25, 0.3) is 5.91 Å². The smallest absolute Gasteiger partial charge is 0.469 e. The molecule has 6 rings (SSSR count). The van der Waals surface area contributed by atoms with Crippen molar-refractivity contribution in [3.63, 3.8) is 0 Å². The number of fused-ring (bicyclic) bond motifs is 4. The zero-order valence-corrected chi connectivity index (χ0v) is 26.5. The van der Waals surface area contributed by atoms with Crippen molar-refractivity contribution in [3.05, 3.63) is 92.9 Å². The highest BCUT2D eigenvalue weighted by atomic mass is 32.2. The van der Waals surface area contributed by atoms with Crippen molar-refractivity contribution in [2.75, 3.05) is 45.3 Å². The van der Waals surface area contributed by atoms with E-state index in [2.05, 4.69) is 0 Å². The molecule has 0 N–H and O–H groups in total. The highest BCUT2D eigenvalue weighted by Gasteiger charge is 2.46. The van der Waals surface area contributed by atoms with Gasteiger partial charge in [-0.3, -0.25) is 24.1 Å². The number of rotatable bonds is 7. The van der Waals surface area contributed by atoms with E-state index in [1.165, 1.54) is 60.6 Å². The van der Waals surface area contributed by atoms with Crippen LogP contribution < -0.4 is 15.2 Å². The molecule has 1 saturated heterocycles. The fourth-order valence-electron chi connectivity index (χ4n) is 5.86. The van der Waals surface area contributed by atoms with Crippen molar-refractivity contribution in [2.24, 2.45) is 5.41 Å². The van der Waals surface area contributed by atoms with Gasteiger partial charge in [-0.25, -0.2) is 13.6 Å². The summed E-state index contributed by atoms with van der Waals surface area (Å²) in [5.41, 5.74) is -0.524. The Morgan fingerprint density at radius 2 is 1.85 bits per heavy atom. The maximum absolute atomic E-state index is 15.4. The molecule has 248 valence electrons. The van der Waals surface area contributed by atoms with Gasteiger partial charge < -0.3 is 28.6 Å². The first-order chi connectivity index (χ1) is 22.5. The largest absolute Gasteiger partial charge is 0.511 e. The lowest BCUT2D eigenvalue weighted by Crippen LogP contribution is -2.66. The highest BCUT2D eigenvalue weighted by Crippen LogP contribution is 2.45. The molecule has 3 aliphatic rings. The molecule has 15 heteroatoms. The summed E-state index contributed by atoms with van der Waals surface area (Å²) in [6.07, 6.45) is -0.462. The molecule has 0 spiro atoms. The number of hydrogen-bond acceptors (Lipinski definition) is 11. The molecule has 0 saturated carbocycles. The molecule has 1 aromatic heterocycles. The summed E-state index contributed by atoms with van der Waals surface area (Å²) >= 11 is 1.37. The summed E-state index contributed by atoms with van der Waals surface area (Å²) in [6.45, 7) is 2.40. The molecule has 3 aliphatic heterocycles. The summed E-state index contributed by atoms with van der Waals surface area (Å²) in [4.78, 5) is 53.7. The molecule has 1 fully saturated rings. The minimum atomic E-state index is -1.17. The Bertz CT molecular complexity index is 1800. The number of aromatic nitrogens is 1. The number of nitrogens with zero attached hydrogens (tertiary/aromatic N) is 3. The van der Waals surface area contributed by atoms with Gasteiger partial charge >= 0.3 is 12.1 Å². The predicted octanol–water partition coefficient (Wildman–Crippen LogP) is 3.96. The molecule has 2 atom stereocenters. The monoisotopic (exact) mass is 671 g/mol. The first-order valence-corrected chi connectivity index (χ1v) is 15.6. The third kappa shape index (κ3) is 5.89. The highest BCUT2D eigenvalue weighted by molar-refractivity contribution is 7.98. The lowest BCUT2D eigenvalue weighted by molar-refractivity contribution is -0.153. The molecular formula is C32H31F2N3O9S. The maximum Gasteiger partial charge on any atom is 0.511 e. The maximum atomic E-state index is 15.4. The number of carbonyl (C=O) groups is 3. The number of esters is 1. The van der Waals surface area contributed by atoms with Crippen LogP contribution in [-0.2, 0) is 29.5 Å². The molecule has 0 bridgehead atoms. The second-order valence-electron chi connectivity index (χ2n) is 11.6. The molecule has 47 heavy (non-hydrogen) atoms. The Morgan fingerprint density at radius 3 is 2.64 bits per heavy atom. The third-order valence-corrected chi connectivity index (χ3v) is 9.32. The predicted molar refractivity (Wildman–Crippen MR) is 162 cm³/mol. The lowest BCUT2D eigenvalue weighted by Gasteiger charge is -2.51. The molecule has 1 amide bonds. The summed E-state index contributed by atoms with van der Waals surface area (Å²) in [5, 5.41) is 1.80. The van der Waals surface area contributed by atoms with Gasteiger partial charge in [0.1, 0.15) is 12.8 Å². The lowest BCUT2D eigenvalue weighted by atomic mass is 9.93. The molecule has 0 radical (unpaired) electrons. The molecule has 4 heterocycles. The number of pyridine rings is 1. The first-order valence-electron chi connectivity index (χ1n) is 14.7. The van der Waals surface area contributed by atoms with Crippen LogP contribution in [0, 0.1) is 17.0 Å². The SMILES string of the molecule is COC(=O)C(C)(C)COC(=O)OCOc1c2n(ccc1=O)N([C@@H]1c3ccccc3SCc3c1ccc(F)c3F)[C@@H]1COCCN1C2=O. The van der Waals surface area contributed by atoms with Crippen LogP contribution in [0.5, 0.6) is 5.75 Å². The van der Waals surface area contributed by atoms with E-state index >= 15 is 4.39 Å². The summed E-state index contributed by atoms with van der Waals surface area (Å²) in [6, 6.07) is 10.5. The van der Waals surface area contributed by atoms with Gasteiger partial charge in [0, 0.05) is 35.0 Å². The van der Waals surface area contributed by atoms with Gasteiger partial charge in [-0.15, -0.1) is 11.8 Å². The second-order valence-corrected chi connectivity index (χ2v) is 12.6. The van der Waals surface area contributed by atoms with E-state index in [9.17, 15) is 23.6 Å². The number of methoxy groups -OCH3 is 1. The van der Waals surface area contributed by atoms with Crippen molar-refractivity contribution >= 4 is 29.8 Å². The Balaban J connectivity index is 1.39. The van der Waals surface area contributed by atoms with Crippen LogP contribution in [-0.4, -0.2) is 74.0 Å². The number of ether oxygens (including phenoxy) is 5. The third-order valence-electron chi connectivity index (χ3n) is 8.20. The quantitative estimate of drug-likeness (QED) is 0.268. The molecular weight excluding hydrogens is 640 g/mol. The van der Waals surface area contributed by atoms with E-state index in [0.717, 1.165) is 16.5 Å². The van der Waals surface area contributed by atoms with Crippen LogP contribution in [0.15, 0.2) is 58.4 Å². The van der Waals surface area contributed by atoms with Crippen LogP contribution >= 0.6 is 11.8 Å². The summed E-state index contributed by atoms with van der Waals surface area (Å²) in [7, 11) is 1.21. The Morgan fingerprint density at radius 1 is 1.06 bits per heavy atom. The van der Waals surface area contributed by atoms with Crippen molar-refractivity contribution in [1.82, 2.24) is 9.58 Å². The van der Waals surface area contributed by atoms with Crippen LogP contribution in [0.1, 0.15) is 47.1 Å². The summed E-state index contributed by atoms with van der Waals surface area (Å²) in [5.74, 6) is -3.29. The van der Waals surface area contributed by atoms with Gasteiger partial charge in [-0.05, 0) is 37.1 Å². The fourth-order valence-corrected chi connectivity index (χ4v) is 6.98. The second kappa shape index (κ2) is 12.9. The van der Waals surface area contributed by atoms with Crippen LogP contribution in [0.4, 0.5) is 13.6 Å². The minimum Gasteiger partial charge on any atom is -0.469 e. The minimum absolute atomic E-state index is 0.0925. The number of halogens is 2. The molecule has 2 aromatic carbocycles. The number of thioether (sulfide) groups is 1. The van der Waals surface area contributed by atoms with Gasteiger partial charge in [0.2, 0.25) is 18.0 Å². The van der Waals surface area contributed by atoms with E-state index in [1.54, 1.807) is 5.01 Å². The van der Waals surface area contributed by atoms with E-state index in [1.807, 2.05) is 24.3 Å². The molecule has 12 nitrogen and oxygen atoms in total. The fraction of sp³-hybridized carbons (Fsp3) is 0.375. The first kappa shape index (κ1) is 32.3. The van der Waals surface area contributed by atoms with Crippen molar-refractivity contribution in [2.45, 2.75) is 36.7 Å². The standard InChI is InChI=1S/C32H31F2N3O9S/c1-32(2,30(40)42-3)16-44-31(41)46-17-45-28-22(38)10-11-36-27(28)29(39)35-12-13-43-14-24(35)37(36)26-18-8-9-21(33)25(34)20(18)15-47-23-7-5-4-6-19(23)26/h4-11,24,26H,12-17H2,1-3H3/t24-,26+/m1/s1. The van der Waals surface area contributed by atoms with E-state index in [-0.39, 0.29) is 43.4 Å².